The molecule has 2 aliphatic rings. The SMILES string of the molecule is O=C(Nc1ccc(N2CCCC2)c(C(=O)NC2CC2)c1)c1cccc(C(F)(F)F)c1. The second-order valence-electron chi connectivity index (χ2n) is 7.71. The van der Waals surface area contributed by atoms with Gasteiger partial charge >= 0.3 is 6.18 Å². The van der Waals surface area contributed by atoms with Gasteiger partial charge in [0.05, 0.1) is 11.1 Å². The van der Waals surface area contributed by atoms with E-state index in [0.29, 0.717) is 11.3 Å². The fourth-order valence-electron chi connectivity index (χ4n) is 3.56. The molecule has 30 heavy (non-hydrogen) atoms. The number of rotatable bonds is 5. The van der Waals surface area contributed by atoms with Crippen LogP contribution in [0.25, 0.3) is 0 Å². The minimum absolute atomic E-state index is 0.0996. The largest absolute Gasteiger partial charge is 0.416 e. The summed E-state index contributed by atoms with van der Waals surface area (Å²) in [5.41, 5.74) is 0.649. The average molecular weight is 417 g/mol. The van der Waals surface area contributed by atoms with E-state index in [1.807, 2.05) is 0 Å². The molecular weight excluding hydrogens is 395 g/mol. The molecule has 5 nitrogen and oxygen atoms in total. The molecule has 0 atom stereocenters. The lowest BCUT2D eigenvalue weighted by molar-refractivity contribution is -0.137. The molecule has 0 unspecified atom stereocenters. The van der Waals surface area contributed by atoms with Crippen LogP contribution >= 0.6 is 0 Å². The maximum absolute atomic E-state index is 12.9. The van der Waals surface area contributed by atoms with Gasteiger partial charge < -0.3 is 15.5 Å². The summed E-state index contributed by atoms with van der Waals surface area (Å²) >= 11 is 0. The first-order valence-corrected chi connectivity index (χ1v) is 10.00. The fraction of sp³-hybridized carbons (Fsp3) is 0.364. The van der Waals surface area contributed by atoms with E-state index in [1.165, 1.54) is 12.1 Å². The Hall–Kier alpha value is -3.03. The predicted molar refractivity (Wildman–Crippen MR) is 108 cm³/mol. The number of alkyl halides is 3. The van der Waals surface area contributed by atoms with Gasteiger partial charge in [-0.15, -0.1) is 0 Å². The van der Waals surface area contributed by atoms with Gasteiger partial charge in [-0.2, -0.15) is 13.2 Å². The van der Waals surface area contributed by atoms with E-state index in [1.54, 1.807) is 18.2 Å². The summed E-state index contributed by atoms with van der Waals surface area (Å²) in [7, 11) is 0. The number of carbonyl (C=O) groups excluding carboxylic acids is 2. The zero-order chi connectivity index (χ0) is 21.3. The standard InChI is InChI=1S/C22H22F3N3O2/c23-22(24,25)15-5-3-4-14(12-15)20(29)27-17-8-9-19(28-10-1-2-11-28)18(13-17)21(30)26-16-6-7-16/h3-5,8-9,12-13,16H,1-2,6-7,10-11H2,(H,26,30)(H,27,29). The molecule has 0 spiro atoms. The first-order chi connectivity index (χ1) is 14.3. The Morgan fingerprint density at radius 1 is 0.967 bits per heavy atom. The number of nitrogens with one attached hydrogen (secondary N) is 2. The highest BCUT2D eigenvalue weighted by molar-refractivity contribution is 6.06. The summed E-state index contributed by atoms with van der Waals surface area (Å²) in [4.78, 5) is 27.4. The molecular formula is C22H22F3N3O2. The van der Waals surface area contributed by atoms with E-state index in [-0.39, 0.29) is 17.5 Å². The molecule has 2 amide bonds. The summed E-state index contributed by atoms with van der Waals surface area (Å²) in [6.45, 7) is 1.72. The first-order valence-electron chi connectivity index (χ1n) is 10.00. The molecule has 8 heteroatoms. The van der Waals surface area contributed by atoms with Crippen molar-refractivity contribution in [3.63, 3.8) is 0 Å². The van der Waals surface area contributed by atoms with E-state index in [0.717, 1.165) is 56.6 Å². The molecule has 1 saturated carbocycles. The number of hydrogen-bond donors (Lipinski definition) is 2. The van der Waals surface area contributed by atoms with Crippen molar-refractivity contribution in [2.75, 3.05) is 23.3 Å². The van der Waals surface area contributed by atoms with Crippen molar-refractivity contribution in [2.24, 2.45) is 0 Å². The van der Waals surface area contributed by atoms with Crippen LogP contribution in [0, 0.1) is 0 Å². The molecule has 158 valence electrons. The number of halogens is 3. The van der Waals surface area contributed by atoms with Gasteiger partial charge in [-0.25, -0.2) is 0 Å². The molecule has 2 N–H and O–H groups in total. The van der Waals surface area contributed by atoms with Crippen molar-refractivity contribution < 1.29 is 22.8 Å². The third-order valence-electron chi connectivity index (χ3n) is 5.31. The third kappa shape index (κ3) is 4.58. The van der Waals surface area contributed by atoms with Crippen molar-refractivity contribution in [3.8, 4) is 0 Å². The summed E-state index contributed by atoms with van der Waals surface area (Å²) < 4.78 is 38.8. The van der Waals surface area contributed by atoms with Crippen molar-refractivity contribution in [1.29, 1.82) is 0 Å². The smallest absolute Gasteiger partial charge is 0.371 e. The van der Waals surface area contributed by atoms with Crippen LogP contribution < -0.4 is 15.5 Å². The van der Waals surface area contributed by atoms with Crippen LogP contribution in [0.1, 0.15) is 52.0 Å². The fourth-order valence-corrected chi connectivity index (χ4v) is 3.56. The monoisotopic (exact) mass is 417 g/mol. The topological polar surface area (TPSA) is 61.4 Å². The van der Waals surface area contributed by atoms with Crippen molar-refractivity contribution in [1.82, 2.24) is 5.32 Å². The summed E-state index contributed by atoms with van der Waals surface area (Å²) in [5, 5.41) is 5.58. The van der Waals surface area contributed by atoms with Crippen LogP contribution in [-0.2, 0) is 6.18 Å². The number of hydrogen-bond acceptors (Lipinski definition) is 3. The molecule has 0 radical (unpaired) electrons. The van der Waals surface area contributed by atoms with Gasteiger partial charge in [0.1, 0.15) is 0 Å². The highest BCUT2D eigenvalue weighted by atomic mass is 19.4. The maximum atomic E-state index is 12.9. The van der Waals surface area contributed by atoms with Crippen LogP contribution in [0.3, 0.4) is 0 Å². The second-order valence-corrected chi connectivity index (χ2v) is 7.71. The molecule has 1 aliphatic carbocycles. The average Bonchev–Trinajstić information content (AvgIpc) is 3.36. The number of nitrogens with zero attached hydrogens (tertiary/aromatic N) is 1. The number of benzene rings is 2. The van der Waals surface area contributed by atoms with Gasteiger partial charge in [-0.3, -0.25) is 9.59 Å². The zero-order valence-electron chi connectivity index (χ0n) is 16.3. The molecule has 1 aliphatic heterocycles. The molecule has 0 bridgehead atoms. The predicted octanol–water partition coefficient (Wildman–Crippen LogP) is 4.45. The molecule has 0 aromatic heterocycles. The van der Waals surface area contributed by atoms with Crippen molar-refractivity contribution in [3.05, 3.63) is 59.2 Å². The van der Waals surface area contributed by atoms with Gasteiger partial charge in [-0.05, 0) is 62.1 Å². The zero-order valence-corrected chi connectivity index (χ0v) is 16.3. The Balaban J connectivity index is 1.58. The molecule has 1 saturated heterocycles. The Kier molecular flexibility index (Phi) is 5.40. The number of carbonyl (C=O) groups is 2. The lowest BCUT2D eigenvalue weighted by Gasteiger charge is -2.22. The van der Waals surface area contributed by atoms with Crippen LogP contribution in [0.4, 0.5) is 24.5 Å². The first kappa shape index (κ1) is 20.3. The van der Waals surface area contributed by atoms with Crippen molar-refractivity contribution in [2.45, 2.75) is 37.9 Å². The van der Waals surface area contributed by atoms with Crippen LogP contribution in [-0.4, -0.2) is 30.9 Å². The molecule has 2 aromatic carbocycles. The van der Waals surface area contributed by atoms with Gasteiger partial charge in [0.15, 0.2) is 0 Å². The molecule has 1 heterocycles. The highest BCUT2D eigenvalue weighted by Gasteiger charge is 2.31. The molecule has 2 aromatic rings. The normalized spacial score (nSPS) is 16.4. The Labute approximate surface area is 172 Å². The lowest BCUT2D eigenvalue weighted by atomic mass is 10.1. The molecule has 4 rings (SSSR count). The van der Waals surface area contributed by atoms with E-state index in [9.17, 15) is 22.8 Å². The number of amides is 2. The Morgan fingerprint density at radius 3 is 2.37 bits per heavy atom. The van der Waals surface area contributed by atoms with Gasteiger partial charge in [0.25, 0.3) is 11.8 Å². The van der Waals surface area contributed by atoms with E-state index >= 15 is 0 Å². The van der Waals surface area contributed by atoms with Gasteiger partial charge in [-0.1, -0.05) is 6.07 Å². The Bertz CT molecular complexity index is 964. The summed E-state index contributed by atoms with van der Waals surface area (Å²) in [6.07, 6.45) is -0.509. The van der Waals surface area contributed by atoms with E-state index in [4.69, 9.17) is 0 Å². The van der Waals surface area contributed by atoms with Gasteiger partial charge in [0.2, 0.25) is 0 Å². The number of anilines is 2. The van der Waals surface area contributed by atoms with Crippen LogP contribution in [0.5, 0.6) is 0 Å². The quantitative estimate of drug-likeness (QED) is 0.756. The Morgan fingerprint density at radius 2 is 1.70 bits per heavy atom. The third-order valence-corrected chi connectivity index (χ3v) is 5.31. The highest BCUT2D eigenvalue weighted by Crippen LogP contribution is 2.31. The lowest BCUT2D eigenvalue weighted by Crippen LogP contribution is -2.29. The van der Waals surface area contributed by atoms with Crippen molar-refractivity contribution >= 4 is 23.2 Å². The minimum Gasteiger partial charge on any atom is -0.371 e. The maximum Gasteiger partial charge on any atom is 0.416 e. The van der Waals surface area contributed by atoms with E-state index in [2.05, 4.69) is 15.5 Å². The minimum atomic E-state index is -4.53. The van der Waals surface area contributed by atoms with Crippen LogP contribution in [0.2, 0.25) is 0 Å². The van der Waals surface area contributed by atoms with Gasteiger partial charge in [0, 0.05) is 36.1 Å². The molecule has 2 fully saturated rings. The second kappa shape index (κ2) is 8.01. The summed E-state index contributed by atoms with van der Waals surface area (Å²) in [6, 6.07) is 9.49. The van der Waals surface area contributed by atoms with E-state index < -0.39 is 17.6 Å². The summed E-state index contributed by atoms with van der Waals surface area (Å²) in [5.74, 6) is -0.863. The van der Waals surface area contributed by atoms with Crippen LogP contribution in [0.15, 0.2) is 42.5 Å².